The van der Waals surface area contributed by atoms with Gasteiger partial charge in [-0.25, -0.2) is 8.78 Å². The quantitative estimate of drug-likeness (QED) is 0.739. The maximum atomic E-state index is 13.9. The molecule has 0 saturated carbocycles. The molecule has 0 aliphatic carbocycles. The van der Waals surface area contributed by atoms with E-state index >= 15 is 0 Å². The minimum atomic E-state index is -1.70. The van der Waals surface area contributed by atoms with Crippen LogP contribution in [0.25, 0.3) is 0 Å². The van der Waals surface area contributed by atoms with Crippen molar-refractivity contribution in [3.8, 4) is 6.07 Å². The third-order valence-corrected chi connectivity index (χ3v) is 5.96. The van der Waals surface area contributed by atoms with Gasteiger partial charge in [-0.1, -0.05) is 22.0 Å². The molecular formula is C18H15ClF2N4O2S. The van der Waals surface area contributed by atoms with Gasteiger partial charge in [-0.3, -0.25) is 4.79 Å². The molecule has 1 fully saturated rings. The van der Waals surface area contributed by atoms with Gasteiger partial charge in [0.2, 0.25) is 5.91 Å². The predicted octanol–water partition coefficient (Wildman–Crippen LogP) is 3.04. The number of hydrogen-bond acceptors (Lipinski definition) is 5. The number of rotatable bonds is 3. The van der Waals surface area contributed by atoms with E-state index in [1.54, 1.807) is 12.1 Å². The van der Waals surface area contributed by atoms with Crippen molar-refractivity contribution in [3.63, 3.8) is 0 Å². The Hall–Kier alpha value is -2.22. The molecule has 6 nitrogen and oxygen atoms in total. The first-order valence-corrected chi connectivity index (χ1v) is 9.65. The molecule has 28 heavy (non-hydrogen) atoms. The van der Waals surface area contributed by atoms with E-state index < -0.39 is 41.2 Å². The molecule has 10 heteroatoms. The van der Waals surface area contributed by atoms with Crippen molar-refractivity contribution in [3.05, 3.63) is 64.2 Å². The van der Waals surface area contributed by atoms with Crippen molar-refractivity contribution in [1.29, 1.82) is 5.26 Å². The van der Waals surface area contributed by atoms with Gasteiger partial charge < -0.3 is 9.87 Å². The van der Waals surface area contributed by atoms with Crippen LogP contribution in [0.2, 0.25) is 5.02 Å². The zero-order chi connectivity index (χ0) is 20.4. The smallest absolute Gasteiger partial charge is 0.246 e. The van der Waals surface area contributed by atoms with Crippen molar-refractivity contribution < 1.29 is 18.1 Å². The van der Waals surface area contributed by atoms with Crippen molar-refractivity contribution >= 4 is 34.7 Å². The molecule has 0 spiro atoms. The summed E-state index contributed by atoms with van der Waals surface area (Å²) >= 11 is 4.03. The van der Waals surface area contributed by atoms with E-state index in [0.29, 0.717) is 11.3 Å². The van der Waals surface area contributed by atoms with Crippen molar-refractivity contribution in [2.75, 3.05) is 12.4 Å². The summed E-state index contributed by atoms with van der Waals surface area (Å²) in [6, 6.07) is 8.23. The van der Waals surface area contributed by atoms with Gasteiger partial charge in [0.25, 0.3) is 0 Å². The van der Waals surface area contributed by atoms with Crippen molar-refractivity contribution in [2.45, 2.75) is 18.5 Å². The molecule has 3 atom stereocenters. The molecular weight excluding hydrogens is 410 g/mol. The lowest BCUT2D eigenvalue weighted by Gasteiger charge is -2.36. The van der Waals surface area contributed by atoms with Crippen LogP contribution in [0, 0.1) is 23.0 Å². The average Bonchev–Trinajstić information content (AvgIpc) is 2.66. The van der Waals surface area contributed by atoms with Gasteiger partial charge in [0.05, 0.1) is 16.6 Å². The monoisotopic (exact) mass is 424 g/mol. The Kier molecular flexibility index (Phi) is 6.17. The van der Waals surface area contributed by atoms with Crippen LogP contribution >= 0.6 is 11.6 Å². The minimum Gasteiger partial charge on any atom is -0.579 e. The number of nitrogens with zero attached hydrogens (tertiary/aromatic N) is 2. The summed E-state index contributed by atoms with van der Waals surface area (Å²) in [5.74, 6) is -1.75. The average molecular weight is 425 g/mol. The zero-order valence-electron chi connectivity index (χ0n) is 14.6. The van der Waals surface area contributed by atoms with Crippen LogP contribution in [0.4, 0.5) is 14.5 Å². The van der Waals surface area contributed by atoms with Crippen LogP contribution in [-0.2, 0) is 16.3 Å². The highest BCUT2D eigenvalue weighted by molar-refractivity contribution is 7.87. The number of carbonyl (C=O) groups excluding carboxylic acids is 1. The van der Waals surface area contributed by atoms with E-state index in [-0.39, 0.29) is 17.0 Å². The Morgan fingerprint density at radius 1 is 1.36 bits per heavy atom. The molecule has 0 bridgehead atoms. The molecule has 2 N–H and O–H groups in total. The fourth-order valence-electron chi connectivity index (χ4n) is 2.85. The molecule has 3 rings (SSSR count). The normalized spacial score (nSPS) is 22.5. The fourth-order valence-corrected chi connectivity index (χ4v) is 4.09. The number of nitriles is 1. The van der Waals surface area contributed by atoms with E-state index in [9.17, 15) is 18.1 Å². The van der Waals surface area contributed by atoms with Crippen molar-refractivity contribution in [2.24, 2.45) is 0 Å². The summed E-state index contributed by atoms with van der Waals surface area (Å²) < 4.78 is 43.7. The molecule has 1 heterocycles. The second kappa shape index (κ2) is 8.43. The molecule has 1 unspecified atom stereocenters. The van der Waals surface area contributed by atoms with Crippen molar-refractivity contribution in [1.82, 2.24) is 9.03 Å². The van der Waals surface area contributed by atoms with E-state index in [1.165, 1.54) is 35.6 Å². The molecule has 0 aromatic heterocycles. The maximum absolute atomic E-state index is 13.9. The Balaban J connectivity index is 1.79. The van der Waals surface area contributed by atoms with Crippen LogP contribution in [0.1, 0.15) is 23.6 Å². The lowest BCUT2D eigenvalue weighted by atomic mass is 9.98. The first-order chi connectivity index (χ1) is 13.3. The standard InChI is InChI=1S/C18H15ClF2N4O2S/c1-25-17(18(26)23-12-4-5-14(20)13(19)7-12)8-16(24-28(25)27)10-2-3-11(9-22)15(21)6-10/h2-7,16-17,24H,8H2,1H3,(H,23,26)/t16-,17+,28?/m1/s1. The van der Waals surface area contributed by atoms with Crippen LogP contribution in [0.5, 0.6) is 0 Å². The van der Waals surface area contributed by atoms with Gasteiger partial charge in [0.15, 0.2) is 0 Å². The summed E-state index contributed by atoms with van der Waals surface area (Å²) in [5, 5.41) is 11.3. The summed E-state index contributed by atoms with van der Waals surface area (Å²) in [7, 11) is 1.51. The largest absolute Gasteiger partial charge is 0.579 e. The summed E-state index contributed by atoms with van der Waals surface area (Å²) in [5.41, 5.74) is 0.677. The second-order valence-corrected chi connectivity index (χ2v) is 7.90. The van der Waals surface area contributed by atoms with Gasteiger partial charge >= 0.3 is 0 Å². The topological polar surface area (TPSA) is 91.2 Å². The second-order valence-electron chi connectivity index (χ2n) is 6.19. The Labute approximate surface area is 168 Å². The Bertz CT molecular complexity index is 956. The summed E-state index contributed by atoms with van der Waals surface area (Å²) in [6.07, 6.45) is 0.203. The zero-order valence-corrected chi connectivity index (χ0v) is 16.2. The highest BCUT2D eigenvalue weighted by atomic mass is 35.5. The molecule has 2 aromatic rings. The van der Waals surface area contributed by atoms with Crippen LogP contribution in [-0.4, -0.2) is 27.9 Å². The first kappa shape index (κ1) is 20.5. The molecule has 1 aliphatic heterocycles. The Morgan fingerprint density at radius 2 is 2.11 bits per heavy atom. The van der Waals surface area contributed by atoms with Crippen LogP contribution in [0.3, 0.4) is 0 Å². The molecule has 146 valence electrons. The number of benzene rings is 2. The molecule has 0 radical (unpaired) electrons. The first-order valence-electron chi connectivity index (χ1n) is 8.16. The number of halogens is 3. The predicted molar refractivity (Wildman–Crippen MR) is 101 cm³/mol. The summed E-state index contributed by atoms with van der Waals surface area (Å²) in [4.78, 5) is 12.7. The van der Waals surface area contributed by atoms with E-state index in [0.717, 1.165) is 6.07 Å². The third kappa shape index (κ3) is 4.27. The highest BCUT2D eigenvalue weighted by Crippen LogP contribution is 2.29. The van der Waals surface area contributed by atoms with Crippen LogP contribution in [0.15, 0.2) is 36.4 Å². The molecule has 1 aliphatic rings. The maximum Gasteiger partial charge on any atom is 0.246 e. The summed E-state index contributed by atoms with van der Waals surface area (Å²) in [6.45, 7) is 0. The van der Waals surface area contributed by atoms with Crippen LogP contribution < -0.4 is 10.0 Å². The minimum absolute atomic E-state index is 0.0970. The van der Waals surface area contributed by atoms with Gasteiger partial charge in [-0.2, -0.15) is 5.26 Å². The highest BCUT2D eigenvalue weighted by Gasteiger charge is 2.41. The third-order valence-electron chi connectivity index (χ3n) is 4.41. The lowest BCUT2D eigenvalue weighted by molar-refractivity contribution is -0.120. The fraction of sp³-hybridized carbons (Fsp3) is 0.222. The number of likely N-dealkylation sites (N-methyl/N-ethyl adjacent to an activating group) is 1. The van der Waals surface area contributed by atoms with Gasteiger partial charge in [-0.15, -0.1) is 4.72 Å². The van der Waals surface area contributed by atoms with E-state index in [2.05, 4.69) is 10.0 Å². The molecule has 1 saturated heterocycles. The van der Waals surface area contributed by atoms with Gasteiger partial charge in [0, 0.05) is 19.2 Å². The number of hydrogen-bond donors (Lipinski definition) is 2. The van der Waals surface area contributed by atoms with Gasteiger partial charge in [0.1, 0.15) is 35.3 Å². The molecule has 2 aromatic carbocycles. The van der Waals surface area contributed by atoms with E-state index in [1.807, 2.05) is 0 Å². The van der Waals surface area contributed by atoms with E-state index in [4.69, 9.17) is 16.9 Å². The number of carbonyl (C=O) groups is 1. The SMILES string of the molecule is CN1[C@H](C(=O)Nc2ccc(F)c(Cl)c2)C[C@H](c2ccc(C#N)c(F)c2)N[S+]1[O-]. The number of nitrogens with one attached hydrogen (secondary N) is 2. The number of amides is 1. The molecule has 1 amide bonds. The Morgan fingerprint density at radius 3 is 2.75 bits per heavy atom. The van der Waals surface area contributed by atoms with Gasteiger partial charge in [-0.05, 0) is 35.9 Å². The number of anilines is 1. The lowest BCUT2D eigenvalue weighted by Crippen LogP contribution is -2.56.